The van der Waals surface area contributed by atoms with E-state index in [9.17, 15) is 14.4 Å². The smallest absolute Gasteiger partial charge is 0.321 e. The van der Waals surface area contributed by atoms with Gasteiger partial charge in [-0.3, -0.25) is 14.9 Å². The van der Waals surface area contributed by atoms with E-state index in [1.54, 1.807) is 13.8 Å². The fourth-order valence-corrected chi connectivity index (χ4v) is 1.92. The second kappa shape index (κ2) is 8.81. The van der Waals surface area contributed by atoms with E-state index < -0.39 is 30.4 Å². The Morgan fingerprint density at radius 3 is 2.32 bits per heavy atom. The Morgan fingerprint density at radius 2 is 1.77 bits per heavy atom. The number of hydrogen-bond acceptors (Lipinski definition) is 4. The Kier molecular flexibility index (Phi) is 7.08. The molecule has 6 nitrogen and oxygen atoms in total. The van der Waals surface area contributed by atoms with Gasteiger partial charge < -0.3 is 10.1 Å². The first-order chi connectivity index (χ1) is 10.4. The van der Waals surface area contributed by atoms with Gasteiger partial charge in [-0.15, -0.1) is 0 Å². The van der Waals surface area contributed by atoms with Crippen molar-refractivity contribution in [2.75, 3.05) is 6.61 Å². The molecule has 1 aromatic carbocycles. The second-order valence-corrected chi connectivity index (χ2v) is 5.16. The van der Waals surface area contributed by atoms with Crippen molar-refractivity contribution in [3.05, 3.63) is 35.9 Å². The number of rotatable bonds is 6. The molecule has 0 unspecified atom stereocenters. The Morgan fingerprint density at radius 1 is 1.14 bits per heavy atom. The van der Waals surface area contributed by atoms with Gasteiger partial charge in [-0.2, -0.15) is 0 Å². The van der Waals surface area contributed by atoms with Crippen molar-refractivity contribution in [1.82, 2.24) is 10.6 Å². The molecule has 0 saturated carbocycles. The molecule has 0 aliphatic carbocycles. The number of carbonyl (C=O) groups excluding carboxylic acids is 3. The third-order valence-electron chi connectivity index (χ3n) is 2.91. The first-order valence-corrected chi connectivity index (χ1v) is 7.26. The fourth-order valence-electron chi connectivity index (χ4n) is 1.92. The summed E-state index contributed by atoms with van der Waals surface area (Å²) < 4.78 is 4.99. The minimum atomic E-state index is -0.658. The highest BCUT2D eigenvalue weighted by molar-refractivity contribution is 5.95. The van der Waals surface area contributed by atoms with Crippen LogP contribution in [0.25, 0.3) is 0 Å². The molecule has 120 valence electrons. The monoisotopic (exact) mass is 306 g/mol. The zero-order valence-electron chi connectivity index (χ0n) is 13.1. The molecule has 6 heteroatoms. The molecule has 2 N–H and O–H groups in total. The minimum absolute atomic E-state index is 0.0853. The van der Waals surface area contributed by atoms with Crippen LogP contribution in [0.5, 0.6) is 0 Å². The van der Waals surface area contributed by atoms with Gasteiger partial charge >= 0.3 is 12.0 Å². The first-order valence-electron chi connectivity index (χ1n) is 7.26. The highest BCUT2D eigenvalue weighted by Crippen LogP contribution is 2.20. The highest BCUT2D eigenvalue weighted by Gasteiger charge is 2.21. The van der Waals surface area contributed by atoms with E-state index in [0.29, 0.717) is 6.42 Å². The summed E-state index contributed by atoms with van der Waals surface area (Å²) in [5.41, 5.74) is 0.841. The van der Waals surface area contributed by atoms with E-state index in [-0.39, 0.29) is 6.04 Å². The highest BCUT2D eigenvalue weighted by atomic mass is 16.5. The topological polar surface area (TPSA) is 84.5 Å². The number of esters is 1. The largest absolute Gasteiger partial charge is 0.455 e. The molecule has 0 aliphatic heterocycles. The number of imide groups is 1. The maximum atomic E-state index is 12.0. The van der Waals surface area contributed by atoms with Crippen molar-refractivity contribution in [3.63, 3.8) is 0 Å². The Bertz CT molecular complexity index is 514. The molecule has 0 heterocycles. The SMILES string of the molecule is CC[C@H](C(=O)OCC(=O)NC(=O)NC(C)C)c1ccccc1. The fraction of sp³-hybridized carbons (Fsp3) is 0.438. The molecule has 0 radical (unpaired) electrons. The van der Waals surface area contributed by atoms with Crippen LogP contribution in [0.1, 0.15) is 38.7 Å². The molecule has 3 amide bonds. The van der Waals surface area contributed by atoms with Gasteiger partial charge in [0, 0.05) is 6.04 Å². The number of ether oxygens (including phenoxy) is 1. The first kappa shape index (κ1) is 17.7. The molecule has 1 aromatic rings. The van der Waals surface area contributed by atoms with Crippen molar-refractivity contribution in [2.24, 2.45) is 0 Å². The maximum absolute atomic E-state index is 12.0. The second-order valence-electron chi connectivity index (χ2n) is 5.16. The zero-order valence-corrected chi connectivity index (χ0v) is 13.1. The number of benzene rings is 1. The third-order valence-corrected chi connectivity index (χ3v) is 2.91. The van der Waals surface area contributed by atoms with E-state index in [2.05, 4.69) is 10.6 Å². The molecular formula is C16H22N2O4. The van der Waals surface area contributed by atoms with Crippen LogP contribution in [0.15, 0.2) is 30.3 Å². The van der Waals surface area contributed by atoms with Crippen molar-refractivity contribution >= 4 is 17.9 Å². The van der Waals surface area contributed by atoms with Crippen LogP contribution in [0.2, 0.25) is 0 Å². The molecule has 0 aromatic heterocycles. The van der Waals surface area contributed by atoms with Crippen molar-refractivity contribution in [2.45, 2.75) is 39.2 Å². The average Bonchev–Trinajstić information content (AvgIpc) is 2.46. The number of nitrogens with one attached hydrogen (secondary N) is 2. The van der Waals surface area contributed by atoms with Crippen LogP contribution in [-0.4, -0.2) is 30.6 Å². The van der Waals surface area contributed by atoms with Gasteiger partial charge in [0.2, 0.25) is 0 Å². The molecule has 0 saturated heterocycles. The van der Waals surface area contributed by atoms with Gasteiger partial charge in [-0.05, 0) is 25.8 Å². The summed E-state index contributed by atoms with van der Waals surface area (Å²) in [7, 11) is 0. The van der Waals surface area contributed by atoms with Crippen LogP contribution in [0.4, 0.5) is 4.79 Å². The lowest BCUT2D eigenvalue weighted by Crippen LogP contribution is -2.44. The summed E-state index contributed by atoms with van der Waals surface area (Å²) in [6.45, 7) is 4.94. The van der Waals surface area contributed by atoms with E-state index >= 15 is 0 Å². The van der Waals surface area contributed by atoms with Gasteiger partial charge in [0.05, 0.1) is 5.92 Å². The predicted octanol–water partition coefficient (Wildman–Crippen LogP) is 1.96. The van der Waals surface area contributed by atoms with Crippen molar-refractivity contribution < 1.29 is 19.1 Å². The van der Waals surface area contributed by atoms with Crippen LogP contribution in [0, 0.1) is 0 Å². The lowest BCUT2D eigenvalue weighted by Gasteiger charge is -2.14. The molecule has 1 rings (SSSR count). The lowest BCUT2D eigenvalue weighted by atomic mass is 9.97. The van der Waals surface area contributed by atoms with Gasteiger partial charge in [-0.25, -0.2) is 4.79 Å². The maximum Gasteiger partial charge on any atom is 0.321 e. The summed E-state index contributed by atoms with van der Waals surface area (Å²) in [5.74, 6) is -1.55. The molecule has 22 heavy (non-hydrogen) atoms. The number of carbonyl (C=O) groups is 3. The Balaban J connectivity index is 2.47. The normalized spacial score (nSPS) is 11.6. The van der Waals surface area contributed by atoms with Crippen molar-refractivity contribution in [3.8, 4) is 0 Å². The molecule has 0 aliphatic rings. The number of hydrogen-bond donors (Lipinski definition) is 2. The van der Waals surface area contributed by atoms with Gasteiger partial charge in [0.25, 0.3) is 5.91 Å². The molecule has 0 bridgehead atoms. The summed E-state index contributed by atoms with van der Waals surface area (Å²) in [6, 6.07) is 8.53. The lowest BCUT2D eigenvalue weighted by molar-refractivity contribution is -0.149. The predicted molar refractivity (Wildman–Crippen MR) is 82.2 cm³/mol. The summed E-state index contributed by atoms with van der Waals surface area (Å²) >= 11 is 0. The quantitative estimate of drug-likeness (QED) is 0.787. The molecule has 0 spiro atoms. The summed E-state index contributed by atoms with van der Waals surface area (Å²) in [5, 5.41) is 4.61. The zero-order chi connectivity index (χ0) is 16.5. The van der Waals surface area contributed by atoms with Crippen LogP contribution in [-0.2, 0) is 14.3 Å². The van der Waals surface area contributed by atoms with Crippen LogP contribution < -0.4 is 10.6 Å². The van der Waals surface area contributed by atoms with E-state index in [1.807, 2.05) is 37.3 Å². The van der Waals surface area contributed by atoms with Gasteiger partial charge in [0.1, 0.15) is 0 Å². The number of amides is 3. The molecular weight excluding hydrogens is 284 g/mol. The standard InChI is InChI=1S/C16H22N2O4/c1-4-13(12-8-6-5-7-9-12)15(20)22-10-14(19)18-16(21)17-11(2)3/h5-9,11,13H,4,10H2,1-3H3,(H2,17,18,19,21)/t13-/m0/s1. The Labute approximate surface area is 130 Å². The van der Waals surface area contributed by atoms with Crippen LogP contribution in [0.3, 0.4) is 0 Å². The minimum Gasteiger partial charge on any atom is -0.455 e. The molecule has 1 atom stereocenters. The average molecular weight is 306 g/mol. The van der Waals surface area contributed by atoms with E-state index in [0.717, 1.165) is 5.56 Å². The van der Waals surface area contributed by atoms with Gasteiger partial charge in [0.15, 0.2) is 6.61 Å². The summed E-state index contributed by atoms with van der Waals surface area (Å²) in [6.07, 6.45) is 0.568. The van der Waals surface area contributed by atoms with E-state index in [1.165, 1.54) is 0 Å². The number of urea groups is 1. The summed E-state index contributed by atoms with van der Waals surface area (Å²) in [4.78, 5) is 34.9. The molecule has 0 fully saturated rings. The van der Waals surface area contributed by atoms with Gasteiger partial charge in [-0.1, -0.05) is 37.3 Å². The third kappa shape index (κ3) is 5.95. The van der Waals surface area contributed by atoms with Crippen LogP contribution >= 0.6 is 0 Å². The van der Waals surface area contributed by atoms with E-state index in [4.69, 9.17) is 4.74 Å². The Hall–Kier alpha value is -2.37. The van der Waals surface area contributed by atoms with Crippen molar-refractivity contribution in [1.29, 1.82) is 0 Å².